The summed E-state index contributed by atoms with van der Waals surface area (Å²) in [7, 11) is 2.10. The van der Waals surface area contributed by atoms with Gasteiger partial charge in [0, 0.05) is 45.7 Å². The third kappa shape index (κ3) is 5.00. The molecule has 0 aromatic rings. The van der Waals surface area contributed by atoms with Crippen LogP contribution >= 0.6 is 0 Å². The summed E-state index contributed by atoms with van der Waals surface area (Å²) >= 11 is 0. The minimum Gasteiger partial charge on any atom is -0.465 e. The zero-order valence-corrected chi connectivity index (χ0v) is 14.1. The van der Waals surface area contributed by atoms with E-state index in [1.54, 1.807) is 11.8 Å². The molecule has 2 saturated heterocycles. The van der Waals surface area contributed by atoms with Gasteiger partial charge in [0.05, 0.1) is 13.2 Å². The number of piperidine rings is 1. The second-order valence-corrected chi connectivity index (χ2v) is 6.27. The van der Waals surface area contributed by atoms with Crippen molar-refractivity contribution in [3.8, 4) is 0 Å². The first-order chi connectivity index (χ1) is 11.0. The Labute approximate surface area is 137 Å². The number of carbonyl (C=O) groups is 3. The maximum Gasteiger partial charge on any atom is 0.316 e. The molecule has 1 unspecified atom stereocenters. The normalized spacial score (nSPS) is 23.8. The van der Waals surface area contributed by atoms with Crippen molar-refractivity contribution in [2.45, 2.75) is 19.8 Å². The van der Waals surface area contributed by atoms with Crippen LogP contribution in [0, 0.1) is 5.92 Å². The predicted octanol–water partition coefficient (Wildman–Crippen LogP) is -0.395. The predicted molar refractivity (Wildman–Crippen MR) is 84.9 cm³/mol. The number of Topliss-reactive ketones (excluding diaryl/α,β-unsaturated/α-hetero) is 1. The van der Waals surface area contributed by atoms with E-state index >= 15 is 0 Å². The Hall–Kier alpha value is -1.47. The number of carbonyl (C=O) groups excluding carboxylic acids is 3. The number of likely N-dealkylation sites (N-methyl/N-ethyl adjacent to an activating group) is 1. The number of hydrogen-bond acceptors (Lipinski definition) is 6. The van der Waals surface area contributed by atoms with E-state index in [0.717, 1.165) is 32.7 Å². The number of likely N-dealkylation sites (tertiary alicyclic amines) is 1. The van der Waals surface area contributed by atoms with Crippen molar-refractivity contribution in [1.29, 1.82) is 0 Å². The van der Waals surface area contributed by atoms with Gasteiger partial charge in [-0.05, 0) is 20.4 Å². The molecule has 0 aromatic heterocycles. The van der Waals surface area contributed by atoms with Crippen molar-refractivity contribution >= 4 is 17.7 Å². The van der Waals surface area contributed by atoms with Gasteiger partial charge in [-0.3, -0.25) is 14.4 Å². The molecule has 7 nitrogen and oxygen atoms in total. The number of nitrogens with zero attached hydrogens (tertiary/aromatic N) is 3. The van der Waals surface area contributed by atoms with Crippen molar-refractivity contribution < 1.29 is 19.1 Å². The molecule has 130 valence electrons. The molecule has 0 spiro atoms. The Balaban J connectivity index is 1.74. The first-order valence-corrected chi connectivity index (χ1v) is 8.39. The molecule has 2 heterocycles. The van der Waals surface area contributed by atoms with Crippen LogP contribution in [-0.4, -0.2) is 91.8 Å². The van der Waals surface area contributed by atoms with Crippen LogP contribution in [0.5, 0.6) is 0 Å². The fourth-order valence-electron chi connectivity index (χ4n) is 3.01. The van der Waals surface area contributed by atoms with E-state index in [0.29, 0.717) is 19.4 Å². The van der Waals surface area contributed by atoms with Gasteiger partial charge in [0.15, 0.2) is 5.78 Å². The number of hydrogen-bond donors (Lipinski definition) is 0. The monoisotopic (exact) mass is 325 g/mol. The molecule has 2 fully saturated rings. The molecular weight excluding hydrogens is 298 g/mol. The lowest BCUT2D eigenvalue weighted by atomic mass is 9.95. The number of esters is 1. The van der Waals surface area contributed by atoms with E-state index in [1.165, 1.54) is 0 Å². The van der Waals surface area contributed by atoms with E-state index in [9.17, 15) is 14.4 Å². The number of piperazine rings is 1. The van der Waals surface area contributed by atoms with Gasteiger partial charge in [0.2, 0.25) is 5.91 Å². The van der Waals surface area contributed by atoms with E-state index in [-0.39, 0.29) is 24.8 Å². The summed E-state index contributed by atoms with van der Waals surface area (Å²) in [5, 5.41) is 0. The second-order valence-electron chi connectivity index (χ2n) is 6.27. The average molecular weight is 325 g/mol. The lowest BCUT2D eigenvalue weighted by Crippen LogP contribution is -2.48. The van der Waals surface area contributed by atoms with Gasteiger partial charge < -0.3 is 19.4 Å². The standard InChI is InChI=1S/C16H27N3O4/c1-3-23-16(22)13-4-7-19(12-14(13)20)15(21)5-6-18-10-8-17(2)9-11-18/h13H,3-12H2,1-2H3. The zero-order valence-electron chi connectivity index (χ0n) is 14.1. The molecule has 0 aromatic carbocycles. The molecule has 2 aliphatic heterocycles. The minimum absolute atomic E-state index is 0.000382. The molecular formula is C16H27N3O4. The van der Waals surface area contributed by atoms with Crippen molar-refractivity contribution in [2.75, 3.05) is 59.5 Å². The van der Waals surface area contributed by atoms with Gasteiger partial charge in [-0.15, -0.1) is 0 Å². The molecule has 1 amide bonds. The van der Waals surface area contributed by atoms with Crippen LogP contribution in [0.15, 0.2) is 0 Å². The summed E-state index contributed by atoms with van der Waals surface area (Å²) in [6.45, 7) is 7.23. The van der Waals surface area contributed by atoms with Crippen LogP contribution in [0.3, 0.4) is 0 Å². The van der Waals surface area contributed by atoms with Crippen LogP contribution in [0.2, 0.25) is 0 Å². The molecule has 0 N–H and O–H groups in total. The smallest absolute Gasteiger partial charge is 0.316 e. The maximum atomic E-state index is 12.3. The number of ketones is 1. The van der Waals surface area contributed by atoms with Crippen molar-refractivity contribution in [2.24, 2.45) is 5.92 Å². The highest BCUT2D eigenvalue weighted by atomic mass is 16.5. The van der Waals surface area contributed by atoms with Crippen LogP contribution in [-0.2, 0) is 19.1 Å². The lowest BCUT2D eigenvalue weighted by Gasteiger charge is -2.33. The molecule has 0 saturated carbocycles. The topological polar surface area (TPSA) is 70.2 Å². The van der Waals surface area contributed by atoms with Gasteiger partial charge in [-0.2, -0.15) is 0 Å². The maximum absolute atomic E-state index is 12.3. The summed E-state index contributed by atoms with van der Waals surface area (Å²) in [5.74, 6) is -1.36. The van der Waals surface area contributed by atoms with Crippen molar-refractivity contribution in [3.63, 3.8) is 0 Å². The molecule has 0 radical (unpaired) electrons. The first-order valence-electron chi connectivity index (χ1n) is 8.39. The second kappa shape index (κ2) is 8.40. The SMILES string of the molecule is CCOC(=O)C1CCN(C(=O)CCN2CCN(C)CC2)CC1=O. The average Bonchev–Trinajstić information content (AvgIpc) is 2.54. The fourth-order valence-corrected chi connectivity index (χ4v) is 3.01. The molecule has 23 heavy (non-hydrogen) atoms. The van der Waals surface area contributed by atoms with Crippen LogP contribution in [0.25, 0.3) is 0 Å². The summed E-state index contributed by atoms with van der Waals surface area (Å²) < 4.78 is 4.91. The summed E-state index contributed by atoms with van der Waals surface area (Å²) in [5.41, 5.74) is 0. The van der Waals surface area contributed by atoms with Gasteiger partial charge in [-0.25, -0.2) is 0 Å². The minimum atomic E-state index is -0.698. The van der Waals surface area contributed by atoms with E-state index in [4.69, 9.17) is 4.74 Å². The highest BCUT2D eigenvalue weighted by Gasteiger charge is 2.35. The molecule has 2 rings (SSSR count). The number of amides is 1. The van der Waals surface area contributed by atoms with Gasteiger partial charge in [0.1, 0.15) is 5.92 Å². The Bertz CT molecular complexity index is 447. The first kappa shape index (κ1) is 17.9. The van der Waals surface area contributed by atoms with Gasteiger partial charge in [-0.1, -0.05) is 0 Å². The van der Waals surface area contributed by atoms with Crippen molar-refractivity contribution in [3.05, 3.63) is 0 Å². The zero-order chi connectivity index (χ0) is 16.8. The van der Waals surface area contributed by atoms with Crippen molar-refractivity contribution in [1.82, 2.24) is 14.7 Å². The van der Waals surface area contributed by atoms with E-state index in [1.807, 2.05) is 0 Å². The molecule has 0 aliphatic carbocycles. The van der Waals surface area contributed by atoms with E-state index < -0.39 is 11.9 Å². The molecule has 1 atom stereocenters. The summed E-state index contributed by atoms with van der Waals surface area (Å²) in [6.07, 6.45) is 0.805. The fraction of sp³-hybridized carbons (Fsp3) is 0.812. The molecule has 7 heteroatoms. The van der Waals surface area contributed by atoms with Gasteiger partial charge >= 0.3 is 5.97 Å². The summed E-state index contributed by atoms with van der Waals surface area (Å²) in [6, 6.07) is 0. The Morgan fingerprint density at radius 2 is 1.87 bits per heavy atom. The van der Waals surface area contributed by atoms with Crippen LogP contribution in [0.4, 0.5) is 0 Å². The molecule has 2 aliphatic rings. The largest absolute Gasteiger partial charge is 0.465 e. The summed E-state index contributed by atoms with van der Waals surface area (Å²) in [4.78, 5) is 42.2. The Kier molecular flexibility index (Phi) is 6.53. The number of rotatable bonds is 5. The lowest BCUT2D eigenvalue weighted by molar-refractivity contribution is -0.156. The van der Waals surface area contributed by atoms with Crippen LogP contribution < -0.4 is 0 Å². The van der Waals surface area contributed by atoms with Gasteiger partial charge in [0.25, 0.3) is 0 Å². The number of ether oxygens (including phenoxy) is 1. The molecule has 0 bridgehead atoms. The Morgan fingerprint density at radius 3 is 2.48 bits per heavy atom. The third-order valence-corrected chi connectivity index (χ3v) is 4.58. The Morgan fingerprint density at radius 1 is 1.17 bits per heavy atom. The highest BCUT2D eigenvalue weighted by Crippen LogP contribution is 2.16. The quantitative estimate of drug-likeness (QED) is 0.506. The third-order valence-electron chi connectivity index (χ3n) is 4.58. The van der Waals surface area contributed by atoms with E-state index in [2.05, 4.69) is 16.8 Å². The highest BCUT2D eigenvalue weighted by molar-refractivity contribution is 6.01. The van der Waals surface area contributed by atoms with Crippen LogP contribution in [0.1, 0.15) is 19.8 Å².